The lowest BCUT2D eigenvalue weighted by atomic mass is 9.87. The molecule has 3 unspecified atom stereocenters. The molecule has 0 radical (unpaired) electrons. The third-order valence-corrected chi connectivity index (χ3v) is 3.93. The second-order valence-electron chi connectivity index (χ2n) is 7.42. The van der Waals surface area contributed by atoms with Gasteiger partial charge in [-0.05, 0) is 27.2 Å². The van der Waals surface area contributed by atoms with E-state index < -0.39 is 35.8 Å². The van der Waals surface area contributed by atoms with Gasteiger partial charge in [0, 0.05) is 39.8 Å². The van der Waals surface area contributed by atoms with Gasteiger partial charge in [0.05, 0.1) is 5.92 Å². The lowest BCUT2D eigenvalue weighted by Gasteiger charge is -2.41. The molecular weight excluding hydrogens is 338 g/mol. The summed E-state index contributed by atoms with van der Waals surface area (Å²) in [6, 6.07) is 0. The Balaban J connectivity index is 2.98. The molecule has 146 valence electrons. The van der Waals surface area contributed by atoms with E-state index >= 15 is 0 Å². The van der Waals surface area contributed by atoms with Gasteiger partial charge in [-0.3, -0.25) is 9.59 Å². The van der Waals surface area contributed by atoms with Crippen LogP contribution in [0.2, 0.25) is 0 Å². The Kier molecular flexibility index (Phi) is 7.94. The van der Waals surface area contributed by atoms with Crippen LogP contribution < -0.4 is 0 Å². The molecule has 0 N–H and O–H groups in total. The standard InChI is InChI=1S/C19H29NO6/c1-7-8-9-16(24-13(2)21)15-12-20(18(23)26-19(4,5)6)11-10-17(15)25-14(3)22/h1,15-17H,8-12H2,2-6H3. The first kappa shape index (κ1) is 21.8. The van der Waals surface area contributed by atoms with Crippen molar-refractivity contribution in [3.8, 4) is 12.3 Å². The average molecular weight is 367 g/mol. The van der Waals surface area contributed by atoms with E-state index in [4.69, 9.17) is 20.6 Å². The zero-order valence-electron chi connectivity index (χ0n) is 16.2. The molecule has 0 saturated carbocycles. The Hall–Kier alpha value is -2.23. The van der Waals surface area contributed by atoms with Gasteiger partial charge in [-0.15, -0.1) is 12.3 Å². The summed E-state index contributed by atoms with van der Waals surface area (Å²) >= 11 is 0. The average Bonchev–Trinajstić information content (AvgIpc) is 2.49. The number of hydrogen-bond donors (Lipinski definition) is 0. The van der Waals surface area contributed by atoms with Crippen molar-refractivity contribution in [3.63, 3.8) is 0 Å². The molecular formula is C19H29NO6. The van der Waals surface area contributed by atoms with Gasteiger partial charge in [0.25, 0.3) is 0 Å². The van der Waals surface area contributed by atoms with Crippen molar-refractivity contribution in [2.45, 2.75) is 71.7 Å². The molecule has 0 aromatic heterocycles. The highest BCUT2D eigenvalue weighted by molar-refractivity contribution is 5.69. The fraction of sp³-hybridized carbons (Fsp3) is 0.737. The van der Waals surface area contributed by atoms with Crippen LogP contribution in [0.4, 0.5) is 4.79 Å². The van der Waals surface area contributed by atoms with Crippen molar-refractivity contribution in [1.29, 1.82) is 0 Å². The third-order valence-electron chi connectivity index (χ3n) is 3.93. The van der Waals surface area contributed by atoms with Gasteiger partial charge in [-0.1, -0.05) is 0 Å². The van der Waals surface area contributed by atoms with E-state index in [0.717, 1.165) is 0 Å². The van der Waals surface area contributed by atoms with Crippen LogP contribution in [0.1, 0.15) is 53.9 Å². The Bertz CT molecular complexity index is 559. The minimum absolute atomic E-state index is 0.259. The maximum absolute atomic E-state index is 12.4. The smallest absolute Gasteiger partial charge is 0.410 e. The first-order chi connectivity index (χ1) is 12.0. The molecule has 1 aliphatic heterocycles. The molecule has 7 heteroatoms. The van der Waals surface area contributed by atoms with Crippen molar-refractivity contribution in [2.24, 2.45) is 5.92 Å². The molecule has 1 rings (SSSR count). The number of piperidine rings is 1. The summed E-state index contributed by atoms with van der Waals surface area (Å²) in [6.07, 6.45) is 5.18. The summed E-state index contributed by atoms with van der Waals surface area (Å²) in [7, 11) is 0. The van der Waals surface area contributed by atoms with Gasteiger partial charge in [-0.2, -0.15) is 0 Å². The molecule has 3 atom stereocenters. The topological polar surface area (TPSA) is 82.1 Å². The van der Waals surface area contributed by atoms with Gasteiger partial charge in [-0.25, -0.2) is 4.79 Å². The van der Waals surface area contributed by atoms with Crippen molar-refractivity contribution in [1.82, 2.24) is 4.90 Å². The number of carbonyl (C=O) groups is 3. The van der Waals surface area contributed by atoms with Crippen LogP contribution in [0, 0.1) is 18.3 Å². The molecule has 1 fully saturated rings. The Labute approximate surface area is 155 Å². The second kappa shape index (κ2) is 9.46. The zero-order valence-corrected chi connectivity index (χ0v) is 16.2. The first-order valence-corrected chi connectivity index (χ1v) is 8.79. The van der Waals surface area contributed by atoms with Crippen molar-refractivity contribution in [2.75, 3.05) is 13.1 Å². The van der Waals surface area contributed by atoms with Crippen LogP contribution in [0.25, 0.3) is 0 Å². The SMILES string of the molecule is C#CCCC(OC(C)=O)C1CN(C(=O)OC(C)(C)C)CCC1OC(C)=O. The van der Waals surface area contributed by atoms with E-state index in [2.05, 4.69) is 5.92 Å². The maximum Gasteiger partial charge on any atom is 0.410 e. The van der Waals surface area contributed by atoms with Crippen molar-refractivity contribution >= 4 is 18.0 Å². The summed E-state index contributed by atoms with van der Waals surface area (Å²) in [5, 5.41) is 0. The molecule has 1 aliphatic rings. The highest BCUT2D eigenvalue weighted by Gasteiger charge is 2.40. The first-order valence-electron chi connectivity index (χ1n) is 8.79. The van der Waals surface area contributed by atoms with E-state index in [1.807, 2.05) is 0 Å². The number of carbonyl (C=O) groups excluding carboxylic acids is 3. The lowest BCUT2D eigenvalue weighted by molar-refractivity contribution is -0.163. The number of terminal acetylenes is 1. The second-order valence-corrected chi connectivity index (χ2v) is 7.42. The predicted molar refractivity (Wildman–Crippen MR) is 95.1 cm³/mol. The molecule has 0 aromatic rings. The highest BCUT2D eigenvalue weighted by Crippen LogP contribution is 2.29. The Morgan fingerprint density at radius 3 is 2.38 bits per heavy atom. The normalized spacial score (nSPS) is 21.3. The van der Waals surface area contributed by atoms with Crippen molar-refractivity contribution < 1.29 is 28.6 Å². The number of likely N-dealkylation sites (tertiary alicyclic amines) is 1. The number of ether oxygens (including phenoxy) is 3. The minimum Gasteiger partial charge on any atom is -0.462 e. The summed E-state index contributed by atoms with van der Waals surface area (Å²) in [6.45, 7) is 8.69. The quantitative estimate of drug-likeness (QED) is 0.422. The van der Waals surface area contributed by atoms with Crippen LogP contribution in [0.3, 0.4) is 0 Å². The van der Waals surface area contributed by atoms with E-state index in [1.165, 1.54) is 13.8 Å². The zero-order chi connectivity index (χ0) is 19.9. The molecule has 1 amide bonds. The molecule has 26 heavy (non-hydrogen) atoms. The summed E-state index contributed by atoms with van der Waals surface area (Å²) in [4.78, 5) is 36.9. The fourth-order valence-electron chi connectivity index (χ4n) is 2.97. The van der Waals surface area contributed by atoms with Gasteiger partial charge < -0.3 is 19.1 Å². The summed E-state index contributed by atoms with van der Waals surface area (Å²) in [5.74, 6) is 1.31. The van der Waals surface area contributed by atoms with Gasteiger partial charge in [0.15, 0.2) is 0 Å². The number of hydrogen-bond acceptors (Lipinski definition) is 6. The molecule has 1 saturated heterocycles. The summed E-state index contributed by atoms with van der Waals surface area (Å²) < 4.78 is 16.3. The van der Waals surface area contributed by atoms with E-state index in [0.29, 0.717) is 25.8 Å². The van der Waals surface area contributed by atoms with Gasteiger partial charge in [0.2, 0.25) is 0 Å². The van der Waals surface area contributed by atoms with E-state index in [9.17, 15) is 14.4 Å². The largest absolute Gasteiger partial charge is 0.462 e. The Morgan fingerprint density at radius 2 is 1.88 bits per heavy atom. The molecule has 0 aromatic carbocycles. The van der Waals surface area contributed by atoms with Crippen LogP contribution >= 0.6 is 0 Å². The number of esters is 2. The van der Waals surface area contributed by atoms with Crippen LogP contribution in [0.15, 0.2) is 0 Å². The molecule has 1 heterocycles. The number of amides is 1. The fourth-order valence-corrected chi connectivity index (χ4v) is 2.97. The van der Waals surface area contributed by atoms with Crippen LogP contribution in [-0.4, -0.2) is 53.8 Å². The lowest BCUT2D eigenvalue weighted by Crippen LogP contribution is -2.52. The highest BCUT2D eigenvalue weighted by atomic mass is 16.6. The van der Waals surface area contributed by atoms with Gasteiger partial charge >= 0.3 is 18.0 Å². The molecule has 0 spiro atoms. The minimum atomic E-state index is -0.613. The van der Waals surface area contributed by atoms with Gasteiger partial charge in [0.1, 0.15) is 17.8 Å². The Morgan fingerprint density at radius 1 is 1.23 bits per heavy atom. The molecule has 7 nitrogen and oxygen atoms in total. The van der Waals surface area contributed by atoms with Crippen LogP contribution in [-0.2, 0) is 23.8 Å². The molecule has 0 aliphatic carbocycles. The van der Waals surface area contributed by atoms with E-state index in [-0.39, 0.29) is 12.5 Å². The number of rotatable bonds is 5. The van der Waals surface area contributed by atoms with Crippen LogP contribution in [0.5, 0.6) is 0 Å². The molecule has 0 bridgehead atoms. The maximum atomic E-state index is 12.4. The third kappa shape index (κ3) is 7.34. The summed E-state index contributed by atoms with van der Waals surface area (Å²) in [5.41, 5.74) is -0.613. The number of nitrogens with zero attached hydrogens (tertiary/aromatic N) is 1. The predicted octanol–water partition coefficient (Wildman–Crippen LogP) is 2.52. The monoisotopic (exact) mass is 367 g/mol. The van der Waals surface area contributed by atoms with Crippen molar-refractivity contribution in [3.05, 3.63) is 0 Å². The van der Waals surface area contributed by atoms with E-state index in [1.54, 1.807) is 25.7 Å².